The molecular weight excluding hydrogens is 162 g/mol. The van der Waals surface area contributed by atoms with Crippen LogP contribution in [0.3, 0.4) is 0 Å². The van der Waals surface area contributed by atoms with Gasteiger partial charge in [-0.15, -0.1) is 6.58 Å². The van der Waals surface area contributed by atoms with Gasteiger partial charge >= 0.3 is 0 Å². The maximum atomic E-state index is 11.0. The number of ketones is 1. The van der Waals surface area contributed by atoms with Crippen LogP contribution in [-0.2, 0) is 4.79 Å². The van der Waals surface area contributed by atoms with Crippen molar-refractivity contribution in [3.8, 4) is 0 Å². The predicted molar refractivity (Wildman–Crippen MR) is 54.7 cm³/mol. The molecular formula is C11H19NO. The molecule has 0 aromatic rings. The van der Waals surface area contributed by atoms with E-state index < -0.39 is 0 Å². The van der Waals surface area contributed by atoms with Crippen molar-refractivity contribution in [1.82, 2.24) is 4.90 Å². The van der Waals surface area contributed by atoms with Crippen LogP contribution in [-0.4, -0.2) is 29.8 Å². The standard InChI is InChI=1S/C11H19NO/c1-4-9(2)12(3)10-5-7-11(13)8-6-10/h4,9-10H,1,5-8H2,2-3H3. The lowest BCUT2D eigenvalue weighted by atomic mass is 9.93. The summed E-state index contributed by atoms with van der Waals surface area (Å²) >= 11 is 0. The topological polar surface area (TPSA) is 20.3 Å². The molecule has 0 amide bonds. The Hall–Kier alpha value is -0.630. The molecule has 2 heteroatoms. The van der Waals surface area contributed by atoms with Crippen molar-refractivity contribution in [2.24, 2.45) is 0 Å². The Kier molecular flexibility index (Phi) is 3.67. The first-order valence-corrected chi connectivity index (χ1v) is 5.01. The fraction of sp³-hybridized carbons (Fsp3) is 0.727. The zero-order chi connectivity index (χ0) is 9.84. The van der Waals surface area contributed by atoms with Gasteiger partial charge in [0.25, 0.3) is 0 Å². The molecule has 1 rings (SSSR count). The number of likely N-dealkylation sites (N-methyl/N-ethyl adjacent to an activating group) is 1. The monoisotopic (exact) mass is 181 g/mol. The van der Waals surface area contributed by atoms with Gasteiger partial charge in [0, 0.05) is 24.9 Å². The van der Waals surface area contributed by atoms with Gasteiger partial charge in [-0.1, -0.05) is 6.08 Å². The summed E-state index contributed by atoms with van der Waals surface area (Å²) in [6.07, 6.45) is 5.52. The fourth-order valence-electron chi connectivity index (χ4n) is 1.83. The number of carbonyl (C=O) groups excluding carboxylic acids is 1. The molecule has 0 aromatic heterocycles. The van der Waals surface area contributed by atoms with Gasteiger partial charge in [-0.05, 0) is 26.8 Å². The number of carbonyl (C=O) groups is 1. The normalized spacial score (nSPS) is 21.9. The largest absolute Gasteiger partial charge is 0.300 e. The van der Waals surface area contributed by atoms with Gasteiger partial charge in [-0.2, -0.15) is 0 Å². The summed E-state index contributed by atoms with van der Waals surface area (Å²) in [6, 6.07) is 0.990. The van der Waals surface area contributed by atoms with Gasteiger partial charge in [-0.25, -0.2) is 0 Å². The minimum atomic E-state index is 0.415. The summed E-state index contributed by atoms with van der Waals surface area (Å²) in [5.74, 6) is 0.427. The van der Waals surface area contributed by atoms with E-state index in [0.717, 1.165) is 25.7 Å². The molecule has 2 nitrogen and oxygen atoms in total. The first kappa shape index (κ1) is 10.5. The van der Waals surface area contributed by atoms with E-state index >= 15 is 0 Å². The fourth-order valence-corrected chi connectivity index (χ4v) is 1.83. The molecule has 0 spiro atoms. The van der Waals surface area contributed by atoms with Gasteiger partial charge in [0.15, 0.2) is 0 Å². The number of hydrogen-bond acceptors (Lipinski definition) is 2. The van der Waals surface area contributed by atoms with Gasteiger partial charge in [0.2, 0.25) is 0 Å². The van der Waals surface area contributed by atoms with E-state index in [1.807, 2.05) is 6.08 Å². The number of rotatable bonds is 3. The van der Waals surface area contributed by atoms with E-state index in [2.05, 4.69) is 25.5 Å². The lowest BCUT2D eigenvalue weighted by Crippen LogP contribution is -2.39. The van der Waals surface area contributed by atoms with Crippen molar-refractivity contribution >= 4 is 5.78 Å². The average molecular weight is 181 g/mol. The van der Waals surface area contributed by atoms with Crippen LogP contribution in [0.5, 0.6) is 0 Å². The molecule has 1 aliphatic carbocycles. The summed E-state index contributed by atoms with van der Waals surface area (Å²) in [5, 5.41) is 0. The van der Waals surface area contributed by atoms with Crippen molar-refractivity contribution in [3.63, 3.8) is 0 Å². The highest BCUT2D eigenvalue weighted by Gasteiger charge is 2.23. The van der Waals surface area contributed by atoms with E-state index in [0.29, 0.717) is 17.9 Å². The minimum Gasteiger partial charge on any atom is -0.300 e. The van der Waals surface area contributed by atoms with Crippen LogP contribution in [0.25, 0.3) is 0 Å². The second-order valence-electron chi connectivity index (χ2n) is 3.91. The van der Waals surface area contributed by atoms with Crippen LogP contribution in [0.4, 0.5) is 0 Å². The van der Waals surface area contributed by atoms with Gasteiger partial charge in [-0.3, -0.25) is 9.69 Å². The molecule has 13 heavy (non-hydrogen) atoms. The van der Waals surface area contributed by atoms with Crippen LogP contribution in [0.15, 0.2) is 12.7 Å². The molecule has 0 aromatic carbocycles. The molecule has 1 unspecified atom stereocenters. The van der Waals surface area contributed by atoms with E-state index in [-0.39, 0.29) is 0 Å². The zero-order valence-corrected chi connectivity index (χ0v) is 8.62. The van der Waals surface area contributed by atoms with Crippen molar-refractivity contribution < 1.29 is 4.79 Å². The van der Waals surface area contributed by atoms with Crippen LogP contribution in [0.2, 0.25) is 0 Å². The molecule has 0 saturated heterocycles. The molecule has 0 radical (unpaired) electrons. The van der Waals surface area contributed by atoms with Crippen LogP contribution in [0.1, 0.15) is 32.6 Å². The SMILES string of the molecule is C=CC(C)N(C)C1CCC(=O)CC1. The van der Waals surface area contributed by atoms with E-state index in [1.54, 1.807) is 0 Å². The Morgan fingerprint density at radius 3 is 2.54 bits per heavy atom. The lowest BCUT2D eigenvalue weighted by molar-refractivity contribution is -0.121. The van der Waals surface area contributed by atoms with Crippen molar-refractivity contribution in [2.75, 3.05) is 7.05 Å². The molecule has 1 aliphatic rings. The lowest BCUT2D eigenvalue weighted by Gasteiger charge is -2.33. The minimum absolute atomic E-state index is 0.415. The zero-order valence-electron chi connectivity index (χ0n) is 8.62. The highest BCUT2D eigenvalue weighted by Crippen LogP contribution is 2.20. The number of Topliss-reactive ketones (excluding diaryl/α,β-unsaturated/α-hetero) is 1. The summed E-state index contributed by atoms with van der Waals surface area (Å²) in [6.45, 7) is 5.93. The molecule has 0 heterocycles. The summed E-state index contributed by atoms with van der Waals surface area (Å²) in [5.41, 5.74) is 0. The Morgan fingerprint density at radius 2 is 2.08 bits per heavy atom. The molecule has 0 N–H and O–H groups in total. The van der Waals surface area contributed by atoms with Crippen molar-refractivity contribution in [1.29, 1.82) is 0 Å². The third kappa shape index (κ3) is 2.66. The molecule has 1 fully saturated rings. The highest BCUT2D eigenvalue weighted by molar-refractivity contribution is 5.79. The Bertz CT molecular complexity index is 190. The van der Waals surface area contributed by atoms with E-state index in [1.165, 1.54) is 0 Å². The summed E-state index contributed by atoms with van der Waals surface area (Å²) in [4.78, 5) is 13.4. The van der Waals surface area contributed by atoms with Crippen LogP contribution < -0.4 is 0 Å². The Labute approximate surface area is 80.6 Å². The van der Waals surface area contributed by atoms with Gasteiger partial charge < -0.3 is 0 Å². The molecule has 1 saturated carbocycles. The quantitative estimate of drug-likeness (QED) is 0.621. The van der Waals surface area contributed by atoms with Gasteiger partial charge in [0.1, 0.15) is 5.78 Å². The molecule has 0 aliphatic heterocycles. The van der Waals surface area contributed by atoms with Crippen molar-refractivity contribution in [3.05, 3.63) is 12.7 Å². The Balaban J connectivity index is 2.43. The molecule has 74 valence electrons. The van der Waals surface area contributed by atoms with Crippen molar-refractivity contribution in [2.45, 2.75) is 44.7 Å². The second-order valence-corrected chi connectivity index (χ2v) is 3.91. The number of nitrogens with zero attached hydrogens (tertiary/aromatic N) is 1. The smallest absolute Gasteiger partial charge is 0.133 e. The van der Waals surface area contributed by atoms with E-state index in [9.17, 15) is 4.79 Å². The third-order valence-corrected chi connectivity index (χ3v) is 3.07. The first-order chi connectivity index (χ1) is 6.15. The predicted octanol–water partition coefficient (Wildman–Crippen LogP) is 2.00. The van der Waals surface area contributed by atoms with Crippen LogP contribution in [0, 0.1) is 0 Å². The average Bonchev–Trinajstić information content (AvgIpc) is 2.17. The Morgan fingerprint density at radius 1 is 1.54 bits per heavy atom. The van der Waals surface area contributed by atoms with Gasteiger partial charge in [0.05, 0.1) is 0 Å². The highest BCUT2D eigenvalue weighted by atomic mass is 16.1. The second kappa shape index (κ2) is 4.56. The third-order valence-electron chi connectivity index (χ3n) is 3.07. The number of hydrogen-bond donors (Lipinski definition) is 0. The maximum absolute atomic E-state index is 11.0. The van der Waals surface area contributed by atoms with E-state index in [4.69, 9.17) is 0 Å². The molecule has 0 bridgehead atoms. The maximum Gasteiger partial charge on any atom is 0.133 e. The summed E-state index contributed by atoms with van der Waals surface area (Å²) in [7, 11) is 2.12. The molecule has 1 atom stereocenters. The summed E-state index contributed by atoms with van der Waals surface area (Å²) < 4.78 is 0. The first-order valence-electron chi connectivity index (χ1n) is 5.01. The van der Waals surface area contributed by atoms with Crippen LogP contribution >= 0.6 is 0 Å².